The summed E-state index contributed by atoms with van der Waals surface area (Å²) in [5.41, 5.74) is 6.06. The zero-order valence-electron chi connectivity index (χ0n) is 11.6. The number of nitroso groups, excluding NO2 is 1. The minimum Gasteiger partial charge on any atom is -0.354 e. The van der Waals surface area contributed by atoms with Crippen LogP contribution < -0.4 is 5.73 Å². The predicted octanol–water partition coefficient (Wildman–Crippen LogP) is 2.99. The molecule has 0 aliphatic heterocycles. The van der Waals surface area contributed by atoms with Gasteiger partial charge in [-0.25, -0.2) is 0 Å². The minimum absolute atomic E-state index is 0. The quantitative estimate of drug-likeness (QED) is 0.390. The zero-order valence-corrected chi connectivity index (χ0v) is 15.8. The summed E-state index contributed by atoms with van der Waals surface area (Å²) >= 11 is 0. The minimum atomic E-state index is -0.425. The van der Waals surface area contributed by atoms with Gasteiger partial charge in [0.1, 0.15) is 0 Å². The molecule has 100 valence electrons. The van der Waals surface area contributed by atoms with Crippen molar-refractivity contribution in [1.29, 1.82) is 0 Å². The van der Waals surface area contributed by atoms with Gasteiger partial charge in [0, 0.05) is 31.1 Å². The molecule has 0 aromatic carbocycles. The Morgan fingerprint density at radius 1 is 1.50 bits per heavy atom. The largest absolute Gasteiger partial charge is 0.354 e. The third-order valence-corrected chi connectivity index (χ3v) is 3.99. The summed E-state index contributed by atoms with van der Waals surface area (Å²) in [5, 5.41) is 2.58. The van der Waals surface area contributed by atoms with Crippen LogP contribution >= 0.6 is 0 Å². The molecule has 2 N–H and O–H groups in total. The van der Waals surface area contributed by atoms with Crippen molar-refractivity contribution in [3.8, 4) is 0 Å². The van der Waals surface area contributed by atoms with Crippen LogP contribution in [-0.2, 0) is 0 Å². The second kappa shape index (κ2) is 8.07. The van der Waals surface area contributed by atoms with Crippen LogP contribution in [0.2, 0.25) is 5.31 Å². The Kier molecular flexibility index (Phi) is 8.38. The van der Waals surface area contributed by atoms with Gasteiger partial charge in [-0.1, -0.05) is 51.1 Å². The van der Waals surface area contributed by atoms with Crippen LogP contribution in [0, 0.1) is 48.4 Å². The molecule has 0 amide bonds. The Labute approximate surface area is 136 Å². The Hall–Kier alpha value is 0.677. The molecule has 0 saturated heterocycles. The fourth-order valence-corrected chi connectivity index (χ4v) is 2.75. The van der Waals surface area contributed by atoms with E-state index in [0.717, 1.165) is 38.5 Å². The number of nitrogens with two attached hydrogens (primary N) is 1. The van der Waals surface area contributed by atoms with Crippen molar-refractivity contribution in [2.75, 3.05) is 6.54 Å². The molecule has 1 fully saturated rings. The summed E-state index contributed by atoms with van der Waals surface area (Å²) in [7, 11) is 6.26. The van der Waals surface area contributed by atoms with Gasteiger partial charge in [-0.15, -0.1) is 5.54 Å². The molecular formula is C13H24BN2OU-. The van der Waals surface area contributed by atoms with Crippen molar-refractivity contribution in [3.05, 3.63) is 11.3 Å². The second-order valence-corrected chi connectivity index (χ2v) is 5.92. The molecule has 3 atom stereocenters. The summed E-state index contributed by atoms with van der Waals surface area (Å²) in [6.07, 6.45) is 7.88. The Morgan fingerprint density at radius 3 is 2.72 bits per heavy atom. The Balaban J connectivity index is 0.00000289. The topological polar surface area (TPSA) is 55.5 Å². The molecule has 1 saturated carbocycles. The van der Waals surface area contributed by atoms with E-state index in [-0.39, 0.29) is 43.2 Å². The first-order valence-corrected chi connectivity index (χ1v) is 6.62. The molecule has 2 radical (unpaired) electrons. The fraction of sp³-hybridized carbons (Fsp3) is 0.923. The summed E-state index contributed by atoms with van der Waals surface area (Å²) in [6, 6.07) is 0. The normalized spacial score (nSPS) is 37.8. The summed E-state index contributed by atoms with van der Waals surface area (Å²) in [4.78, 5) is 10.5. The molecule has 18 heavy (non-hydrogen) atoms. The number of hydrogen-bond donors (Lipinski definition) is 1. The fourth-order valence-electron chi connectivity index (χ4n) is 2.75. The molecule has 0 bridgehead atoms. The third-order valence-electron chi connectivity index (χ3n) is 3.99. The summed E-state index contributed by atoms with van der Waals surface area (Å²) < 4.78 is 0. The average Bonchev–Trinajstić information content (AvgIpc) is 2.28. The van der Waals surface area contributed by atoms with Gasteiger partial charge in [0.2, 0.25) is 0 Å². The molecule has 0 aromatic heterocycles. The van der Waals surface area contributed by atoms with Crippen LogP contribution in [0.3, 0.4) is 0 Å². The van der Waals surface area contributed by atoms with E-state index in [9.17, 15) is 4.91 Å². The smallest absolute Gasteiger partial charge is 0.0787 e. The molecule has 0 heterocycles. The van der Waals surface area contributed by atoms with E-state index in [1.807, 2.05) is 0 Å². The van der Waals surface area contributed by atoms with E-state index in [4.69, 9.17) is 13.6 Å². The number of hydrogen-bond acceptors (Lipinski definition) is 3. The zero-order chi connectivity index (χ0) is 12.9. The summed E-state index contributed by atoms with van der Waals surface area (Å²) in [5.74, 6) is 0.592. The van der Waals surface area contributed by atoms with Gasteiger partial charge < -0.3 is 12.2 Å². The van der Waals surface area contributed by atoms with Gasteiger partial charge in [-0.2, -0.15) is 11.3 Å². The second-order valence-electron chi connectivity index (χ2n) is 5.92. The number of rotatable bonds is 3. The molecule has 5 heteroatoms. The van der Waals surface area contributed by atoms with Crippen molar-refractivity contribution < 1.29 is 31.1 Å². The van der Waals surface area contributed by atoms with Gasteiger partial charge >= 0.3 is 0 Å². The maximum Gasteiger partial charge on any atom is 0.0787 e. The van der Waals surface area contributed by atoms with Crippen molar-refractivity contribution in [1.82, 2.24) is 0 Å². The third kappa shape index (κ3) is 6.22. The molecule has 3 unspecified atom stereocenters. The Bertz CT molecular complexity index is 263. The molecule has 0 spiro atoms. The van der Waals surface area contributed by atoms with E-state index in [0.29, 0.717) is 5.92 Å². The van der Waals surface area contributed by atoms with Crippen molar-refractivity contribution in [2.45, 2.75) is 63.2 Å². The van der Waals surface area contributed by atoms with Gasteiger partial charge in [-0.05, 0) is 11.2 Å². The van der Waals surface area contributed by atoms with Crippen LogP contribution in [0.15, 0.2) is 5.18 Å². The first kappa shape index (κ1) is 18.7. The van der Waals surface area contributed by atoms with Gasteiger partial charge in [-0.3, -0.25) is 0 Å². The maximum atomic E-state index is 10.5. The van der Waals surface area contributed by atoms with Crippen molar-refractivity contribution >= 4 is 7.85 Å². The van der Waals surface area contributed by atoms with Crippen LogP contribution in [-0.4, -0.2) is 19.9 Å². The van der Waals surface area contributed by atoms with Crippen molar-refractivity contribution in [2.24, 2.45) is 16.8 Å². The van der Waals surface area contributed by atoms with E-state index in [1.54, 1.807) is 0 Å². The molecule has 1 aliphatic rings. The standard InChI is InChI=1S/C13H24BN2O.U/c1-3-11-5-8-13(14,10-16-17)7-4-6-12(2,15)9-11;/h6,11H,3-5,7-10,15H2,1-2H3;/q-1;. The van der Waals surface area contributed by atoms with Crippen LogP contribution in [0.4, 0.5) is 0 Å². The van der Waals surface area contributed by atoms with Crippen LogP contribution in [0.1, 0.15) is 52.4 Å². The number of nitrogens with zero attached hydrogens (tertiary/aromatic N) is 1. The average molecular weight is 473 g/mol. The monoisotopic (exact) mass is 473 g/mol. The van der Waals surface area contributed by atoms with E-state index in [2.05, 4.69) is 25.4 Å². The maximum absolute atomic E-state index is 10.5. The van der Waals surface area contributed by atoms with Crippen LogP contribution in [0.5, 0.6) is 0 Å². The predicted molar refractivity (Wildman–Crippen MR) is 72.9 cm³/mol. The molecule has 3 nitrogen and oxygen atoms in total. The molecule has 1 rings (SSSR count). The van der Waals surface area contributed by atoms with E-state index < -0.39 is 5.31 Å². The molecular weight excluding hydrogens is 449 g/mol. The van der Waals surface area contributed by atoms with Gasteiger partial charge in [0.25, 0.3) is 0 Å². The first-order chi connectivity index (χ1) is 7.91. The first-order valence-electron chi connectivity index (χ1n) is 6.62. The molecule has 0 aromatic rings. The van der Waals surface area contributed by atoms with E-state index >= 15 is 0 Å². The van der Waals surface area contributed by atoms with Gasteiger partial charge in [0.15, 0.2) is 0 Å². The van der Waals surface area contributed by atoms with E-state index in [1.165, 1.54) is 0 Å². The Morgan fingerprint density at radius 2 is 2.17 bits per heavy atom. The van der Waals surface area contributed by atoms with Gasteiger partial charge in [0.05, 0.1) is 14.4 Å². The summed E-state index contributed by atoms with van der Waals surface area (Å²) in [6.45, 7) is 4.49. The van der Waals surface area contributed by atoms with Crippen molar-refractivity contribution in [3.63, 3.8) is 0 Å². The molecule has 1 aliphatic carbocycles. The SMILES string of the molecule is [B]C1(CN=O)CC[CH-]C(C)(N)CC(CC)CC1.[U]. The van der Waals surface area contributed by atoms with Crippen LogP contribution in [0.25, 0.3) is 0 Å².